The number of rotatable bonds is 2. The summed E-state index contributed by atoms with van der Waals surface area (Å²) in [5.74, 6) is 0.768. The van der Waals surface area contributed by atoms with Crippen LogP contribution in [0.1, 0.15) is 58.8 Å². The van der Waals surface area contributed by atoms with Crippen molar-refractivity contribution in [1.29, 1.82) is 0 Å². The smallest absolute Gasteiger partial charge is 0.255 e. The molecule has 0 saturated carbocycles. The summed E-state index contributed by atoms with van der Waals surface area (Å²) in [5.41, 5.74) is 5.05. The molecule has 2 fully saturated rings. The summed E-state index contributed by atoms with van der Waals surface area (Å²) < 4.78 is 0. The van der Waals surface area contributed by atoms with Gasteiger partial charge in [0.15, 0.2) is 0 Å². The molecule has 0 N–H and O–H groups in total. The van der Waals surface area contributed by atoms with Crippen molar-refractivity contribution in [3.8, 4) is 0 Å². The predicted molar refractivity (Wildman–Crippen MR) is 115 cm³/mol. The Hall–Kier alpha value is -2.20. The van der Waals surface area contributed by atoms with E-state index in [-0.39, 0.29) is 5.91 Å². The molecule has 1 amide bonds. The number of likely N-dealkylation sites (N-methyl/N-ethyl adjacent to an activating group) is 1. The van der Waals surface area contributed by atoms with E-state index >= 15 is 0 Å². The Kier molecular flexibility index (Phi) is 4.91. The molecular formula is C25H31N3O. The quantitative estimate of drug-likeness (QED) is 0.781. The van der Waals surface area contributed by atoms with Gasteiger partial charge in [0.1, 0.15) is 0 Å². The average molecular weight is 390 g/mol. The number of carbonyl (C=O) groups excluding carboxylic acids is 1. The van der Waals surface area contributed by atoms with Gasteiger partial charge in [0.25, 0.3) is 5.91 Å². The first-order valence-electron chi connectivity index (χ1n) is 11.1. The summed E-state index contributed by atoms with van der Waals surface area (Å²) in [6, 6.07) is 13.1. The minimum absolute atomic E-state index is 0.172. The molecule has 1 atom stereocenters. The van der Waals surface area contributed by atoms with Gasteiger partial charge < -0.3 is 9.80 Å². The zero-order valence-corrected chi connectivity index (χ0v) is 17.4. The highest BCUT2D eigenvalue weighted by molar-refractivity contribution is 5.94. The molecule has 2 saturated heterocycles. The van der Waals surface area contributed by atoms with Crippen LogP contribution in [0.5, 0.6) is 0 Å². The van der Waals surface area contributed by atoms with Gasteiger partial charge in [-0.1, -0.05) is 30.3 Å². The summed E-state index contributed by atoms with van der Waals surface area (Å²) in [6.45, 7) is 4.02. The van der Waals surface area contributed by atoms with E-state index in [1.807, 2.05) is 0 Å². The minimum atomic E-state index is 0.172. The molecular weight excluding hydrogens is 358 g/mol. The zero-order chi connectivity index (χ0) is 19.8. The molecule has 2 aliphatic heterocycles. The van der Waals surface area contributed by atoms with Crippen molar-refractivity contribution in [2.24, 2.45) is 5.41 Å². The summed E-state index contributed by atoms with van der Waals surface area (Å²) in [6.07, 6.45) is 8.55. The van der Waals surface area contributed by atoms with Crippen molar-refractivity contribution in [2.75, 3.05) is 33.2 Å². The van der Waals surface area contributed by atoms with Crippen molar-refractivity contribution < 1.29 is 4.79 Å². The number of hydrogen-bond acceptors (Lipinski definition) is 3. The summed E-state index contributed by atoms with van der Waals surface area (Å²) in [7, 11) is 2.25. The maximum Gasteiger partial charge on any atom is 0.255 e. The first-order chi connectivity index (χ1) is 14.1. The Bertz CT molecular complexity index is 886. The van der Waals surface area contributed by atoms with Crippen molar-refractivity contribution in [3.05, 3.63) is 65.0 Å². The number of nitrogens with zero attached hydrogens (tertiary/aromatic N) is 3. The topological polar surface area (TPSA) is 36.4 Å². The third-order valence-corrected chi connectivity index (χ3v) is 7.37. The highest BCUT2D eigenvalue weighted by Gasteiger charge is 2.42. The molecule has 0 radical (unpaired) electrons. The molecule has 1 aromatic carbocycles. The van der Waals surface area contributed by atoms with Crippen molar-refractivity contribution >= 4 is 5.91 Å². The fourth-order valence-electron chi connectivity index (χ4n) is 5.89. The van der Waals surface area contributed by atoms with Crippen molar-refractivity contribution in [3.63, 3.8) is 0 Å². The fraction of sp³-hybridized carbons (Fsp3) is 0.520. The minimum Gasteiger partial charge on any atom is -0.339 e. The van der Waals surface area contributed by atoms with Gasteiger partial charge in [-0.2, -0.15) is 0 Å². The normalized spacial score (nSPS) is 23.9. The molecule has 1 spiro atoms. The molecule has 2 aromatic rings. The molecule has 4 heteroatoms. The number of hydrogen-bond donors (Lipinski definition) is 0. The standard InChI is InChI=1S/C25H31N3O/c1-27-17-22(19-6-3-2-4-7-19)15-25(18-27)10-12-28(13-11-25)24(29)21-14-20-8-5-9-23(20)26-16-21/h2-4,6-7,14,16,22H,5,8-13,15,17-18H2,1H3/t22-/m1/s1. The third kappa shape index (κ3) is 3.71. The molecule has 0 unspecified atom stereocenters. The molecule has 29 heavy (non-hydrogen) atoms. The van der Waals surface area contributed by atoms with E-state index in [4.69, 9.17) is 0 Å². The second-order valence-corrected chi connectivity index (χ2v) is 9.48. The Morgan fingerprint density at radius 3 is 2.72 bits per heavy atom. The van der Waals surface area contributed by atoms with Gasteiger partial charge in [0.05, 0.1) is 5.56 Å². The van der Waals surface area contributed by atoms with Crippen LogP contribution in [0.25, 0.3) is 0 Å². The van der Waals surface area contributed by atoms with E-state index in [1.165, 1.54) is 29.7 Å². The first-order valence-corrected chi connectivity index (χ1v) is 11.1. The lowest BCUT2D eigenvalue weighted by Crippen LogP contribution is -2.51. The van der Waals surface area contributed by atoms with Crippen molar-refractivity contribution in [1.82, 2.24) is 14.8 Å². The van der Waals surface area contributed by atoms with E-state index < -0.39 is 0 Å². The maximum absolute atomic E-state index is 13.1. The summed E-state index contributed by atoms with van der Waals surface area (Å²) >= 11 is 0. The van der Waals surface area contributed by atoms with Gasteiger partial charge in [-0.25, -0.2) is 0 Å². The van der Waals surface area contributed by atoms with Crippen molar-refractivity contribution in [2.45, 2.75) is 44.4 Å². The second-order valence-electron chi connectivity index (χ2n) is 9.48. The number of fused-ring (bicyclic) bond motifs is 1. The number of pyridine rings is 1. The predicted octanol–water partition coefficient (Wildman–Crippen LogP) is 3.91. The molecule has 152 valence electrons. The van der Waals surface area contributed by atoms with Gasteiger partial charge in [-0.3, -0.25) is 9.78 Å². The number of likely N-dealkylation sites (tertiary alicyclic amines) is 2. The van der Waals surface area contributed by atoms with Gasteiger partial charge in [0.2, 0.25) is 0 Å². The lowest BCUT2D eigenvalue weighted by molar-refractivity contribution is 0.0224. The fourth-order valence-corrected chi connectivity index (χ4v) is 5.89. The van der Waals surface area contributed by atoms with Crippen LogP contribution in [0.15, 0.2) is 42.6 Å². The zero-order valence-electron chi connectivity index (χ0n) is 17.4. The lowest BCUT2D eigenvalue weighted by atomic mass is 9.68. The van der Waals surface area contributed by atoms with E-state index in [0.717, 1.165) is 57.4 Å². The van der Waals surface area contributed by atoms with Crippen LogP contribution < -0.4 is 0 Å². The Morgan fingerprint density at radius 2 is 1.93 bits per heavy atom. The van der Waals surface area contributed by atoms with E-state index in [1.54, 1.807) is 6.20 Å². The van der Waals surface area contributed by atoms with E-state index in [0.29, 0.717) is 11.3 Å². The number of aromatic nitrogens is 1. The number of aryl methyl sites for hydroxylation is 2. The van der Waals surface area contributed by atoms with Crippen LogP contribution in [-0.2, 0) is 12.8 Å². The Morgan fingerprint density at radius 1 is 1.14 bits per heavy atom. The van der Waals surface area contributed by atoms with Crippen LogP contribution in [0, 0.1) is 5.41 Å². The number of amides is 1. The number of piperidine rings is 2. The summed E-state index contributed by atoms with van der Waals surface area (Å²) in [5, 5.41) is 0. The average Bonchev–Trinajstić information content (AvgIpc) is 3.22. The van der Waals surface area contributed by atoms with Crippen LogP contribution in [-0.4, -0.2) is 53.9 Å². The monoisotopic (exact) mass is 389 g/mol. The maximum atomic E-state index is 13.1. The third-order valence-electron chi connectivity index (χ3n) is 7.37. The molecule has 3 heterocycles. The lowest BCUT2D eigenvalue weighted by Gasteiger charge is -2.49. The Balaban J connectivity index is 1.27. The SMILES string of the molecule is CN1C[C@H](c2ccccc2)CC2(CCN(C(=O)c3cnc4c(c3)CCC4)CC2)C1. The molecule has 1 aromatic heterocycles. The molecule has 3 aliphatic rings. The van der Waals surface area contributed by atoms with Crippen LogP contribution in [0.4, 0.5) is 0 Å². The summed E-state index contributed by atoms with van der Waals surface area (Å²) in [4.78, 5) is 22.2. The van der Waals surface area contributed by atoms with Gasteiger partial charge in [0, 0.05) is 38.1 Å². The van der Waals surface area contributed by atoms with Gasteiger partial charge in [-0.15, -0.1) is 0 Å². The molecule has 0 bridgehead atoms. The van der Waals surface area contributed by atoms with Gasteiger partial charge in [-0.05, 0) is 74.1 Å². The number of benzene rings is 1. The molecule has 5 rings (SSSR count). The largest absolute Gasteiger partial charge is 0.339 e. The van der Waals surface area contributed by atoms with Crippen LogP contribution >= 0.6 is 0 Å². The number of carbonyl (C=O) groups is 1. The van der Waals surface area contributed by atoms with Gasteiger partial charge >= 0.3 is 0 Å². The highest BCUT2D eigenvalue weighted by Crippen LogP contribution is 2.44. The van der Waals surface area contributed by atoms with E-state index in [2.05, 4.69) is 58.2 Å². The van der Waals surface area contributed by atoms with Crippen LogP contribution in [0.2, 0.25) is 0 Å². The highest BCUT2D eigenvalue weighted by atomic mass is 16.2. The van der Waals surface area contributed by atoms with Crippen LogP contribution in [0.3, 0.4) is 0 Å². The first kappa shape index (κ1) is 18.8. The van der Waals surface area contributed by atoms with E-state index in [9.17, 15) is 4.79 Å². The molecule has 4 nitrogen and oxygen atoms in total. The molecule has 1 aliphatic carbocycles. The Labute approximate surface area is 173 Å². The second kappa shape index (κ2) is 7.56.